The zero-order chi connectivity index (χ0) is 13.4. The number of rotatable bonds is 8. The fraction of sp³-hybridized carbons (Fsp3) is 0.600. The van der Waals surface area contributed by atoms with Gasteiger partial charge in [-0.1, -0.05) is 32.9 Å². The molecule has 0 aliphatic heterocycles. The van der Waals surface area contributed by atoms with Crippen molar-refractivity contribution < 1.29 is 4.39 Å². The molecular weight excluding hydrogens is 227 g/mol. The monoisotopic (exact) mass is 252 g/mol. The van der Waals surface area contributed by atoms with Gasteiger partial charge in [0.15, 0.2) is 0 Å². The molecule has 1 rings (SSSR count). The van der Waals surface area contributed by atoms with Crippen LogP contribution in [0, 0.1) is 5.82 Å². The highest BCUT2D eigenvalue weighted by Gasteiger charge is 2.08. The SMILES string of the molecule is CCCN(CC)Cc1cc(CNCC)ccc1F. The number of hydrogen-bond donors (Lipinski definition) is 1. The Morgan fingerprint density at radius 3 is 2.61 bits per heavy atom. The van der Waals surface area contributed by atoms with Gasteiger partial charge in [0.1, 0.15) is 5.82 Å². The molecule has 102 valence electrons. The normalized spacial score (nSPS) is 11.2. The summed E-state index contributed by atoms with van der Waals surface area (Å²) in [4.78, 5) is 2.27. The highest BCUT2D eigenvalue weighted by Crippen LogP contribution is 2.13. The van der Waals surface area contributed by atoms with Crippen molar-refractivity contribution in [2.24, 2.45) is 0 Å². The summed E-state index contributed by atoms with van der Waals surface area (Å²) in [5.74, 6) is -0.0928. The van der Waals surface area contributed by atoms with E-state index in [1.54, 1.807) is 6.07 Å². The van der Waals surface area contributed by atoms with Crippen molar-refractivity contribution in [3.63, 3.8) is 0 Å². The van der Waals surface area contributed by atoms with Gasteiger partial charge in [-0.05, 0) is 37.7 Å². The summed E-state index contributed by atoms with van der Waals surface area (Å²) < 4.78 is 13.8. The van der Waals surface area contributed by atoms with Crippen LogP contribution in [-0.4, -0.2) is 24.5 Å². The van der Waals surface area contributed by atoms with Gasteiger partial charge >= 0.3 is 0 Å². The first-order chi connectivity index (χ1) is 8.71. The third-order valence-corrected chi connectivity index (χ3v) is 3.07. The fourth-order valence-electron chi connectivity index (χ4n) is 2.03. The molecule has 0 spiro atoms. The molecule has 3 heteroatoms. The summed E-state index contributed by atoms with van der Waals surface area (Å²) in [6.07, 6.45) is 1.10. The van der Waals surface area contributed by atoms with Crippen LogP contribution in [0.2, 0.25) is 0 Å². The van der Waals surface area contributed by atoms with Gasteiger partial charge in [-0.2, -0.15) is 0 Å². The molecule has 0 aliphatic carbocycles. The average molecular weight is 252 g/mol. The molecule has 1 aromatic carbocycles. The third-order valence-electron chi connectivity index (χ3n) is 3.07. The highest BCUT2D eigenvalue weighted by molar-refractivity contribution is 5.25. The van der Waals surface area contributed by atoms with Gasteiger partial charge in [0.05, 0.1) is 0 Å². The van der Waals surface area contributed by atoms with Crippen molar-refractivity contribution in [1.82, 2.24) is 10.2 Å². The molecule has 0 atom stereocenters. The lowest BCUT2D eigenvalue weighted by molar-refractivity contribution is 0.276. The Balaban J connectivity index is 2.73. The first-order valence-electron chi connectivity index (χ1n) is 6.91. The number of nitrogens with one attached hydrogen (secondary N) is 1. The van der Waals surface area contributed by atoms with Crippen molar-refractivity contribution in [2.45, 2.75) is 40.3 Å². The van der Waals surface area contributed by atoms with E-state index in [0.717, 1.165) is 43.7 Å². The van der Waals surface area contributed by atoms with E-state index in [4.69, 9.17) is 0 Å². The quantitative estimate of drug-likeness (QED) is 0.764. The Morgan fingerprint density at radius 1 is 1.22 bits per heavy atom. The first kappa shape index (κ1) is 15.1. The maximum absolute atomic E-state index is 13.8. The summed E-state index contributed by atoms with van der Waals surface area (Å²) in [7, 11) is 0. The Morgan fingerprint density at radius 2 is 2.00 bits per heavy atom. The van der Waals surface area contributed by atoms with Gasteiger partial charge < -0.3 is 5.32 Å². The molecule has 0 heterocycles. The van der Waals surface area contributed by atoms with Crippen LogP contribution in [0.3, 0.4) is 0 Å². The van der Waals surface area contributed by atoms with Crippen molar-refractivity contribution in [1.29, 1.82) is 0 Å². The largest absolute Gasteiger partial charge is 0.313 e. The van der Waals surface area contributed by atoms with E-state index < -0.39 is 0 Å². The molecule has 0 fully saturated rings. The lowest BCUT2D eigenvalue weighted by Gasteiger charge is -2.20. The number of hydrogen-bond acceptors (Lipinski definition) is 2. The molecule has 0 amide bonds. The second kappa shape index (κ2) is 8.22. The van der Waals surface area contributed by atoms with E-state index in [1.807, 2.05) is 12.1 Å². The molecule has 0 unspecified atom stereocenters. The van der Waals surface area contributed by atoms with Crippen molar-refractivity contribution >= 4 is 0 Å². The molecule has 0 aliphatic rings. The minimum absolute atomic E-state index is 0.0928. The van der Waals surface area contributed by atoms with Gasteiger partial charge in [-0.3, -0.25) is 4.90 Å². The zero-order valence-corrected chi connectivity index (χ0v) is 11.8. The second-order valence-electron chi connectivity index (χ2n) is 4.57. The van der Waals surface area contributed by atoms with Crippen LogP contribution in [0.15, 0.2) is 18.2 Å². The highest BCUT2D eigenvalue weighted by atomic mass is 19.1. The zero-order valence-electron chi connectivity index (χ0n) is 11.8. The van der Waals surface area contributed by atoms with Crippen LogP contribution in [0.4, 0.5) is 4.39 Å². The topological polar surface area (TPSA) is 15.3 Å². The Bertz CT molecular complexity index is 352. The van der Waals surface area contributed by atoms with Crippen LogP contribution >= 0.6 is 0 Å². The third kappa shape index (κ3) is 4.75. The van der Waals surface area contributed by atoms with Gasteiger partial charge in [0.2, 0.25) is 0 Å². The van der Waals surface area contributed by atoms with Gasteiger partial charge in [-0.15, -0.1) is 0 Å². The molecule has 0 aromatic heterocycles. The maximum atomic E-state index is 13.8. The summed E-state index contributed by atoms with van der Waals surface area (Å²) in [6.45, 7) is 10.8. The maximum Gasteiger partial charge on any atom is 0.127 e. The molecule has 2 nitrogen and oxygen atoms in total. The van der Waals surface area contributed by atoms with Crippen LogP contribution in [0.25, 0.3) is 0 Å². The van der Waals surface area contributed by atoms with Crippen molar-refractivity contribution in [3.8, 4) is 0 Å². The van der Waals surface area contributed by atoms with Gasteiger partial charge in [-0.25, -0.2) is 4.39 Å². The summed E-state index contributed by atoms with van der Waals surface area (Å²) >= 11 is 0. The molecular formula is C15H25FN2. The smallest absolute Gasteiger partial charge is 0.127 e. The van der Waals surface area contributed by atoms with E-state index in [9.17, 15) is 4.39 Å². The van der Waals surface area contributed by atoms with E-state index in [1.165, 1.54) is 0 Å². The van der Waals surface area contributed by atoms with Crippen molar-refractivity contribution in [3.05, 3.63) is 35.1 Å². The fourth-order valence-corrected chi connectivity index (χ4v) is 2.03. The standard InChI is InChI=1S/C15H25FN2/c1-4-9-18(6-3)12-14-10-13(11-17-5-2)7-8-15(14)16/h7-8,10,17H,4-6,9,11-12H2,1-3H3. The number of nitrogens with zero attached hydrogens (tertiary/aromatic N) is 1. The average Bonchev–Trinajstić information content (AvgIpc) is 2.38. The first-order valence-corrected chi connectivity index (χ1v) is 6.91. The Kier molecular flexibility index (Phi) is 6.91. The molecule has 18 heavy (non-hydrogen) atoms. The minimum Gasteiger partial charge on any atom is -0.313 e. The van der Waals surface area contributed by atoms with Gasteiger partial charge in [0.25, 0.3) is 0 Å². The van der Waals surface area contributed by atoms with Crippen LogP contribution in [-0.2, 0) is 13.1 Å². The van der Waals surface area contributed by atoms with Crippen LogP contribution in [0.1, 0.15) is 38.3 Å². The van der Waals surface area contributed by atoms with E-state index in [-0.39, 0.29) is 5.82 Å². The lowest BCUT2D eigenvalue weighted by atomic mass is 10.1. The van der Waals surface area contributed by atoms with Crippen LogP contribution < -0.4 is 5.32 Å². The number of halogens is 1. The summed E-state index contributed by atoms with van der Waals surface area (Å²) in [5.41, 5.74) is 1.96. The molecule has 0 radical (unpaired) electrons. The molecule has 0 bridgehead atoms. The second-order valence-corrected chi connectivity index (χ2v) is 4.57. The van der Waals surface area contributed by atoms with Crippen LogP contribution in [0.5, 0.6) is 0 Å². The summed E-state index contributed by atoms with van der Waals surface area (Å²) in [6, 6.07) is 5.43. The number of benzene rings is 1. The van der Waals surface area contributed by atoms with Crippen molar-refractivity contribution in [2.75, 3.05) is 19.6 Å². The van der Waals surface area contributed by atoms with E-state index >= 15 is 0 Å². The van der Waals surface area contributed by atoms with E-state index in [0.29, 0.717) is 6.54 Å². The Labute approximate surface area is 110 Å². The predicted molar refractivity (Wildman–Crippen MR) is 75.0 cm³/mol. The summed E-state index contributed by atoms with van der Waals surface area (Å²) in [5, 5.41) is 3.27. The molecule has 1 aromatic rings. The predicted octanol–water partition coefficient (Wildman–Crippen LogP) is 3.17. The minimum atomic E-state index is -0.0928. The van der Waals surface area contributed by atoms with Gasteiger partial charge in [0, 0.05) is 18.7 Å². The molecule has 0 saturated heterocycles. The molecule has 0 saturated carbocycles. The lowest BCUT2D eigenvalue weighted by Crippen LogP contribution is -2.24. The Hall–Kier alpha value is -0.930. The van der Waals surface area contributed by atoms with E-state index in [2.05, 4.69) is 31.0 Å². The molecule has 1 N–H and O–H groups in total.